The molecule has 0 unspecified atom stereocenters. The lowest BCUT2D eigenvalue weighted by Gasteiger charge is -1.98. The minimum atomic E-state index is 0.828. The third-order valence-corrected chi connectivity index (χ3v) is 2.07. The van der Waals surface area contributed by atoms with Crippen LogP contribution in [0.2, 0.25) is 0 Å². The Bertz CT molecular complexity index is 53.9. The van der Waals surface area contributed by atoms with E-state index in [4.69, 9.17) is 11.6 Å². The number of rotatable bonds is 8. The van der Waals surface area contributed by atoms with Crippen LogP contribution in [0.3, 0.4) is 0 Å². The molecule has 0 saturated heterocycles. The number of alkyl halides is 1. The molecular weight excluding hydrogens is 156 g/mol. The van der Waals surface area contributed by atoms with Crippen LogP contribution in [0.1, 0.15) is 51.9 Å². The molecule has 0 heterocycles. The maximum Gasteiger partial charge on any atom is 0.0223 e. The van der Waals surface area contributed by atoms with Crippen molar-refractivity contribution in [1.82, 2.24) is 0 Å². The smallest absolute Gasteiger partial charge is 0.0223 e. The van der Waals surface area contributed by atoms with Crippen molar-refractivity contribution in [1.29, 1.82) is 0 Å². The molecule has 0 saturated carbocycles. The third-order valence-electron chi connectivity index (χ3n) is 1.80. The molecule has 67 valence electrons. The predicted octanol–water partition coefficient (Wildman–Crippen LogP) is 4.18. The molecule has 0 rings (SSSR count). The van der Waals surface area contributed by atoms with Crippen molar-refractivity contribution in [2.24, 2.45) is 0 Å². The van der Waals surface area contributed by atoms with E-state index in [2.05, 4.69) is 13.3 Å². The van der Waals surface area contributed by atoms with E-state index in [1.807, 2.05) is 0 Å². The van der Waals surface area contributed by atoms with Crippen LogP contribution in [0.5, 0.6) is 0 Å². The summed E-state index contributed by atoms with van der Waals surface area (Å²) in [6.07, 6.45) is 11.5. The van der Waals surface area contributed by atoms with Crippen molar-refractivity contribution in [2.45, 2.75) is 51.9 Å². The topological polar surface area (TPSA) is 0 Å². The lowest BCUT2D eigenvalue weighted by Crippen LogP contribution is -1.81. The molecule has 0 aliphatic carbocycles. The Morgan fingerprint density at radius 3 is 2.36 bits per heavy atom. The van der Waals surface area contributed by atoms with Crippen molar-refractivity contribution in [3.05, 3.63) is 6.42 Å². The second kappa shape index (κ2) is 10.3. The summed E-state index contributed by atoms with van der Waals surface area (Å²) in [7, 11) is 0. The Morgan fingerprint density at radius 2 is 1.73 bits per heavy atom. The summed E-state index contributed by atoms with van der Waals surface area (Å²) in [6, 6.07) is 0. The Balaban J connectivity index is 2.69. The molecule has 0 aliphatic rings. The van der Waals surface area contributed by atoms with Crippen LogP contribution >= 0.6 is 11.6 Å². The molecule has 0 aromatic carbocycles. The summed E-state index contributed by atoms with van der Waals surface area (Å²) in [5.41, 5.74) is 0. The molecule has 0 aromatic heterocycles. The highest BCUT2D eigenvalue weighted by atomic mass is 35.5. The van der Waals surface area contributed by atoms with Crippen LogP contribution in [0.15, 0.2) is 0 Å². The third kappa shape index (κ3) is 10.3. The number of hydrogen-bond donors (Lipinski definition) is 0. The summed E-state index contributed by atoms with van der Waals surface area (Å²) >= 11 is 5.55. The van der Waals surface area contributed by atoms with E-state index in [1.165, 1.54) is 44.9 Å². The molecular formula is C10H20Cl. The quantitative estimate of drug-likeness (QED) is 0.384. The summed E-state index contributed by atoms with van der Waals surface area (Å²) in [6.45, 7) is 2.24. The van der Waals surface area contributed by atoms with Crippen molar-refractivity contribution >= 4 is 11.6 Å². The minimum Gasteiger partial charge on any atom is -0.127 e. The first-order valence-electron chi connectivity index (χ1n) is 4.79. The van der Waals surface area contributed by atoms with Gasteiger partial charge in [-0.1, -0.05) is 45.4 Å². The van der Waals surface area contributed by atoms with Gasteiger partial charge in [0.05, 0.1) is 0 Å². The highest BCUT2D eigenvalue weighted by molar-refractivity contribution is 6.17. The van der Waals surface area contributed by atoms with Gasteiger partial charge in [0.25, 0.3) is 0 Å². The first-order valence-corrected chi connectivity index (χ1v) is 5.33. The van der Waals surface area contributed by atoms with Gasteiger partial charge in [0, 0.05) is 5.88 Å². The van der Waals surface area contributed by atoms with Crippen LogP contribution in [-0.2, 0) is 0 Å². The molecule has 0 spiro atoms. The molecule has 0 atom stereocenters. The van der Waals surface area contributed by atoms with E-state index in [9.17, 15) is 0 Å². The zero-order valence-electron chi connectivity index (χ0n) is 7.61. The van der Waals surface area contributed by atoms with Crippen molar-refractivity contribution in [3.63, 3.8) is 0 Å². The fourth-order valence-corrected chi connectivity index (χ4v) is 1.24. The van der Waals surface area contributed by atoms with Gasteiger partial charge in [0.15, 0.2) is 0 Å². The molecule has 1 heteroatoms. The molecule has 0 aromatic rings. The fraction of sp³-hybridized carbons (Fsp3) is 0.900. The second-order valence-corrected chi connectivity index (χ2v) is 3.35. The monoisotopic (exact) mass is 175 g/mol. The second-order valence-electron chi connectivity index (χ2n) is 2.97. The normalized spacial score (nSPS) is 10.4. The summed E-state index contributed by atoms with van der Waals surface area (Å²) in [4.78, 5) is 0. The molecule has 0 bridgehead atoms. The summed E-state index contributed by atoms with van der Waals surface area (Å²) in [5, 5.41) is 0. The molecule has 0 fully saturated rings. The van der Waals surface area contributed by atoms with Crippen molar-refractivity contribution in [2.75, 3.05) is 5.88 Å². The van der Waals surface area contributed by atoms with Crippen LogP contribution in [0, 0.1) is 6.42 Å². The first kappa shape index (κ1) is 11.3. The molecule has 0 amide bonds. The SMILES string of the molecule is CCCC[CH]CCCCCCl. The van der Waals surface area contributed by atoms with Crippen molar-refractivity contribution < 1.29 is 0 Å². The van der Waals surface area contributed by atoms with Gasteiger partial charge >= 0.3 is 0 Å². The van der Waals surface area contributed by atoms with E-state index in [-0.39, 0.29) is 0 Å². The maximum atomic E-state index is 5.55. The van der Waals surface area contributed by atoms with Crippen LogP contribution < -0.4 is 0 Å². The largest absolute Gasteiger partial charge is 0.127 e. The van der Waals surface area contributed by atoms with Crippen LogP contribution in [-0.4, -0.2) is 5.88 Å². The molecule has 1 radical (unpaired) electrons. The van der Waals surface area contributed by atoms with E-state index in [1.54, 1.807) is 0 Å². The van der Waals surface area contributed by atoms with Gasteiger partial charge in [-0.25, -0.2) is 0 Å². The fourth-order valence-electron chi connectivity index (χ4n) is 1.05. The molecule has 0 N–H and O–H groups in total. The zero-order chi connectivity index (χ0) is 8.36. The summed E-state index contributed by atoms with van der Waals surface area (Å²) < 4.78 is 0. The summed E-state index contributed by atoms with van der Waals surface area (Å²) in [5.74, 6) is 0.828. The van der Waals surface area contributed by atoms with Crippen molar-refractivity contribution in [3.8, 4) is 0 Å². The van der Waals surface area contributed by atoms with Gasteiger partial charge in [-0.05, 0) is 12.8 Å². The Morgan fingerprint density at radius 1 is 1.00 bits per heavy atom. The van der Waals surface area contributed by atoms with Gasteiger partial charge in [-0.3, -0.25) is 0 Å². The van der Waals surface area contributed by atoms with Gasteiger partial charge in [-0.2, -0.15) is 0 Å². The Kier molecular flexibility index (Phi) is 10.6. The number of unbranched alkanes of at least 4 members (excludes halogenated alkanes) is 7. The lowest BCUT2D eigenvalue weighted by atomic mass is 10.1. The van der Waals surface area contributed by atoms with Gasteiger partial charge in [-0.15, -0.1) is 11.6 Å². The average Bonchev–Trinajstić information content (AvgIpc) is 2.03. The van der Waals surface area contributed by atoms with E-state index in [0.29, 0.717) is 0 Å². The number of hydrogen-bond acceptors (Lipinski definition) is 0. The van der Waals surface area contributed by atoms with E-state index >= 15 is 0 Å². The number of halogens is 1. The zero-order valence-corrected chi connectivity index (χ0v) is 8.37. The predicted molar refractivity (Wildman–Crippen MR) is 53.0 cm³/mol. The molecule has 0 aliphatic heterocycles. The highest BCUT2D eigenvalue weighted by Gasteiger charge is 1.89. The maximum absolute atomic E-state index is 5.55. The van der Waals surface area contributed by atoms with Crippen LogP contribution in [0.25, 0.3) is 0 Å². The van der Waals surface area contributed by atoms with Gasteiger partial charge in [0.2, 0.25) is 0 Å². The van der Waals surface area contributed by atoms with Gasteiger partial charge < -0.3 is 0 Å². The van der Waals surface area contributed by atoms with Crippen LogP contribution in [0.4, 0.5) is 0 Å². The molecule has 11 heavy (non-hydrogen) atoms. The van der Waals surface area contributed by atoms with Gasteiger partial charge in [0.1, 0.15) is 0 Å². The Hall–Kier alpha value is 0.290. The minimum absolute atomic E-state index is 0.828. The lowest BCUT2D eigenvalue weighted by molar-refractivity contribution is 0.675. The Labute approximate surface area is 76.3 Å². The highest BCUT2D eigenvalue weighted by Crippen LogP contribution is 2.07. The van der Waals surface area contributed by atoms with E-state index in [0.717, 1.165) is 5.88 Å². The molecule has 0 nitrogen and oxygen atoms in total. The van der Waals surface area contributed by atoms with E-state index < -0.39 is 0 Å². The first-order chi connectivity index (χ1) is 5.41. The standard InChI is InChI=1S/C10H20Cl/c1-2-3-4-5-6-7-8-9-10-11/h5H,2-4,6-10H2,1H3. The average molecular weight is 176 g/mol.